The number of hydrogen-bond acceptors (Lipinski definition) is 2. The van der Waals surface area contributed by atoms with Gasteiger partial charge in [0.15, 0.2) is 0 Å². The summed E-state index contributed by atoms with van der Waals surface area (Å²) in [6.45, 7) is 1.33. The fourth-order valence-electron chi connectivity index (χ4n) is 2.05. The van der Waals surface area contributed by atoms with Crippen LogP contribution < -0.4 is 10.1 Å². The summed E-state index contributed by atoms with van der Waals surface area (Å²) < 4.78 is 19.5. The highest BCUT2D eigenvalue weighted by Crippen LogP contribution is 2.22. The van der Waals surface area contributed by atoms with E-state index in [-0.39, 0.29) is 5.82 Å². The van der Waals surface area contributed by atoms with Crippen LogP contribution in [0.15, 0.2) is 46.9 Å². The Hall–Kier alpha value is -1.39. The molecule has 1 aliphatic rings. The van der Waals surface area contributed by atoms with Crippen LogP contribution in [0.2, 0.25) is 0 Å². The normalized spacial score (nSPS) is 14.2. The van der Waals surface area contributed by atoms with Crippen LogP contribution >= 0.6 is 15.9 Å². The van der Waals surface area contributed by atoms with Crippen LogP contribution in [0.1, 0.15) is 24.0 Å². The minimum absolute atomic E-state index is 0.252. The molecule has 0 unspecified atom stereocenters. The van der Waals surface area contributed by atoms with E-state index in [1.165, 1.54) is 30.5 Å². The predicted molar refractivity (Wildman–Crippen MR) is 84.7 cm³/mol. The zero-order valence-corrected chi connectivity index (χ0v) is 13.2. The van der Waals surface area contributed by atoms with E-state index in [4.69, 9.17) is 4.74 Å². The third-order valence-electron chi connectivity index (χ3n) is 3.51. The Kier molecular flexibility index (Phi) is 4.56. The van der Waals surface area contributed by atoms with Crippen LogP contribution in [-0.2, 0) is 13.2 Å². The molecule has 0 spiro atoms. The molecular weight excluding hydrogens is 333 g/mol. The number of rotatable bonds is 6. The first-order valence-electron chi connectivity index (χ1n) is 7.10. The van der Waals surface area contributed by atoms with Crippen LogP contribution in [0.3, 0.4) is 0 Å². The van der Waals surface area contributed by atoms with E-state index in [2.05, 4.69) is 33.4 Å². The Balaban J connectivity index is 1.54. The molecule has 3 rings (SSSR count). The molecular formula is C17H17BrFNO. The Morgan fingerprint density at radius 1 is 1.14 bits per heavy atom. The van der Waals surface area contributed by atoms with Gasteiger partial charge in [-0.25, -0.2) is 4.39 Å². The molecule has 21 heavy (non-hydrogen) atoms. The smallest absolute Gasteiger partial charge is 0.124 e. The lowest BCUT2D eigenvalue weighted by Gasteiger charge is -2.09. The molecule has 0 aliphatic heterocycles. The average molecular weight is 350 g/mol. The van der Waals surface area contributed by atoms with Crippen molar-refractivity contribution in [2.75, 3.05) is 0 Å². The highest BCUT2D eigenvalue weighted by atomic mass is 79.9. The number of ether oxygens (including phenoxy) is 1. The maximum Gasteiger partial charge on any atom is 0.124 e. The van der Waals surface area contributed by atoms with Gasteiger partial charge in [0.2, 0.25) is 0 Å². The van der Waals surface area contributed by atoms with Crippen LogP contribution in [0.4, 0.5) is 4.39 Å². The molecule has 4 heteroatoms. The molecule has 2 nitrogen and oxygen atoms in total. The minimum atomic E-state index is -0.252. The van der Waals surface area contributed by atoms with Crippen LogP contribution in [-0.4, -0.2) is 6.04 Å². The summed E-state index contributed by atoms with van der Waals surface area (Å²) in [5.74, 6) is 0.569. The van der Waals surface area contributed by atoms with E-state index in [1.807, 2.05) is 12.1 Å². The van der Waals surface area contributed by atoms with Gasteiger partial charge in [0.05, 0.1) is 0 Å². The zero-order chi connectivity index (χ0) is 14.7. The van der Waals surface area contributed by atoms with Gasteiger partial charge >= 0.3 is 0 Å². The van der Waals surface area contributed by atoms with Crippen molar-refractivity contribution in [3.63, 3.8) is 0 Å². The molecule has 0 atom stereocenters. The average Bonchev–Trinajstić information content (AvgIpc) is 3.30. The minimum Gasteiger partial charge on any atom is -0.489 e. The summed E-state index contributed by atoms with van der Waals surface area (Å²) in [5.41, 5.74) is 2.19. The van der Waals surface area contributed by atoms with E-state index in [0.29, 0.717) is 6.61 Å². The topological polar surface area (TPSA) is 21.3 Å². The lowest BCUT2D eigenvalue weighted by atomic mass is 10.2. The standard InChI is InChI=1S/C17H17BrFNO/c18-17-9-14(19)4-3-13(17)11-21-16-7-1-12(2-8-16)10-20-15-5-6-15/h1-4,7-9,15,20H,5-6,10-11H2. The van der Waals surface area contributed by atoms with Crippen molar-refractivity contribution in [2.24, 2.45) is 0 Å². The lowest BCUT2D eigenvalue weighted by molar-refractivity contribution is 0.305. The molecule has 1 saturated carbocycles. The Labute approximate surface area is 132 Å². The van der Waals surface area contributed by atoms with Crippen molar-refractivity contribution in [1.82, 2.24) is 5.32 Å². The molecule has 0 aromatic heterocycles. The summed E-state index contributed by atoms with van der Waals surface area (Å²) >= 11 is 3.34. The van der Waals surface area contributed by atoms with Gasteiger partial charge in [-0.15, -0.1) is 0 Å². The van der Waals surface area contributed by atoms with E-state index >= 15 is 0 Å². The molecule has 1 fully saturated rings. The van der Waals surface area contributed by atoms with Crippen LogP contribution in [0.5, 0.6) is 5.75 Å². The molecule has 1 N–H and O–H groups in total. The second-order valence-corrected chi connectivity index (χ2v) is 6.18. The van der Waals surface area contributed by atoms with E-state index in [9.17, 15) is 4.39 Å². The fourth-order valence-corrected chi connectivity index (χ4v) is 2.52. The Morgan fingerprint density at radius 3 is 2.57 bits per heavy atom. The molecule has 0 bridgehead atoms. The second-order valence-electron chi connectivity index (χ2n) is 5.32. The summed E-state index contributed by atoms with van der Waals surface area (Å²) in [5, 5.41) is 3.48. The predicted octanol–water partition coefficient (Wildman–Crippen LogP) is 4.42. The van der Waals surface area contributed by atoms with Crippen molar-refractivity contribution in [3.05, 3.63) is 63.9 Å². The number of benzene rings is 2. The van der Waals surface area contributed by atoms with Gasteiger partial charge in [-0.3, -0.25) is 0 Å². The first-order valence-corrected chi connectivity index (χ1v) is 7.89. The van der Waals surface area contributed by atoms with Gasteiger partial charge in [-0.2, -0.15) is 0 Å². The first kappa shape index (κ1) is 14.5. The van der Waals surface area contributed by atoms with Crippen molar-refractivity contribution in [3.8, 4) is 5.75 Å². The van der Waals surface area contributed by atoms with Crippen molar-refractivity contribution in [2.45, 2.75) is 32.0 Å². The van der Waals surface area contributed by atoms with Crippen molar-refractivity contribution < 1.29 is 9.13 Å². The maximum absolute atomic E-state index is 13.0. The second kappa shape index (κ2) is 6.58. The number of halogens is 2. The monoisotopic (exact) mass is 349 g/mol. The van der Waals surface area contributed by atoms with E-state index < -0.39 is 0 Å². The van der Waals surface area contributed by atoms with E-state index in [0.717, 1.165) is 28.4 Å². The highest BCUT2D eigenvalue weighted by Gasteiger charge is 2.19. The van der Waals surface area contributed by atoms with Gasteiger partial charge in [-0.05, 0) is 42.7 Å². The number of nitrogens with one attached hydrogen (secondary N) is 1. The largest absolute Gasteiger partial charge is 0.489 e. The van der Waals surface area contributed by atoms with Gasteiger partial charge in [0, 0.05) is 22.6 Å². The van der Waals surface area contributed by atoms with Gasteiger partial charge in [-0.1, -0.05) is 34.1 Å². The molecule has 110 valence electrons. The first-order chi connectivity index (χ1) is 10.2. The van der Waals surface area contributed by atoms with Crippen LogP contribution in [0, 0.1) is 5.82 Å². The molecule has 2 aromatic carbocycles. The van der Waals surface area contributed by atoms with Gasteiger partial charge < -0.3 is 10.1 Å². The Bertz CT molecular complexity index is 611. The molecule has 2 aromatic rings. The molecule has 0 heterocycles. The van der Waals surface area contributed by atoms with E-state index in [1.54, 1.807) is 6.07 Å². The summed E-state index contributed by atoms with van der Waals surface area (Å²) in [7, 11) is 0. The molecule has 1 aliphatic carbocycles. The van der Waals surface area contributed by atoms with Gasteiger partial charge in [0.1, 0.15) is 18.2 Å². The van der Waals surface area contributed by atoms with Gasteiger partial charge in [0.25, 0.3) is 0 Å². The quantitative estimate of drug-likeness (QED) is 0.833. The van der Waals surface area contributed by atoms with Crippen molar-refractivity contribution >= 4 is 15.9 Å². The number of hydrogen-bond donors (Lipinski definition) is 1. The fraction of sp³-hybridized carbons (Fsp3) is 0.294. The maximum atomic E-state index is 13.0. The zero-order valence-electron chi connectivity index (χ0n) is 11.6. The molecule has 0 radical (unpaired) electrons. The molecule has 0 saturated heterocycles. The summed E-state index contributed by atoms with van der Waals surface area (Å²) in [6, 6.07) is 13.4. The lowest BCUT2D eigenvalue weighted by Crippen LogP contribution is -2.15. The van der Waals surface area contributed by atoms with Crippen LogP contribution in [0.25, 0.3) is 0 Å². The van der Waals surface area contributed by atoms with Crippen molar-refractivity contribution in [1.29, 1.82) is 0 Å². The third kappa shape index (κ3) is 4.29. The molecule has 0 amide bonds. The Morgan fingerprint density at radius 2 is 1.90 bits per heavy atom. The highest BCUT2D eigenvalue weighted by molar-refractivity contribution is 9.10. The third-order valence-corrected chi connectivity index (χ3v) is 4.24. The summed E-state index contributed by atoms with van der Waals surface area (Å²) in [4.78, 5) is 0. The SMILES string of the molecule is Fc1ccc(COc2ccc(CNC3CC3)cc2)c(Br)c1. The summed E-state index contributed by atoms with van der Waals surface area (Å²) in [6.07, 6.45) is 2.60.